The van der Waals surface area contributed by atoms with Crippen LogP contribution >= 0.6 is 0 Å². The molecular weight excluding hydrogens is 246 g/mol. The Morgan fingerprint density at radius 2 is 1.56 bits per heavy atom. The van der Waals surface area contributed by atoms with Gasteiger partial charge in [0, 0.05) is 12.1 Å². The maximum Gasteiger partial charge on any atom is 0.151 e. The van der Waals surface area contributed by atoms with Gasteiger partial charge in [0.25, 0.3) is 0 Å². The summed E-state index contributed by atoms with van der Waals surface area (Å²) in [5.74, 6) is 0.703. The molecule has 1 aliphatic carbocycles. The number of hydrogen-bond donors (Lipinski definition) is 1. The quantitative estimate of drug-likeness (QED) is 0.840. The van der Waals surface area contributed by atoms with Crippen molar-refractivity contribution in [3.05, 3.63) is 0 Å². The summed E-state index contributed by atoms with van der Waals surface area (Å²) in [6, 6.07) is 0.659. The molecule has 0 radical (unpaired) electrons. The zero-order valence-electron chi connectivity index (χ0n) is 12.1. The Morgan fingerprint density at radius 3 is 2.00 bits per heavy atom. The van der Waals surface area contributed by atoms with E-state index in [1.165, 1.54) is 6.42 Å². The highest BCUT2D eigenvalue weighted by atomic mass is 32.2. The van der Waals surface area contributed by atoms with Gasteiger partial charge < -0.3 is 5.32 Å². The van der Waals surface area contributed by atoms with E-state index in [1.54, 1.807) is 0 Å². The van der Waals surface area contributed by atoms with Crippen molar-refractivity contribution >= 4 is 9.84 Å². The Hall–Kier alpha value is -0.0900. The zero-order valence-corrected chi connectivity index (χ0v) is 12.9. The second kappa shape index (κ2) is 4.48. The maximum absolute atomic E-state index is 11.5. The summed E-state index contributed by atoms with van der Waals surface area (Å²) >= 11 is 0. The molecule has 0 spiro atoms. The number of sulfone groups is 1. The van der Waals surface area contributed by atoms with Crippen molar-refractivity contribution in [2.45, 2.75) is 65.5 Å². The molecule has 1 heterocycles. The van der Waals surface area contributed by atoms with E-state index in [4.69, 9.17) is 0 Å². The Balaban J connectivity index is 1.97. The minimum atomic E-state index is -2.77. The van der Waals surface area contributed by atoms with Gasteiger partial charge in [0.1, 0.15) is 0 Å². The van der Waals surface area contributed by atoms with Gasteiger partial charge in [-0.3, -0.25) is 0 Å². The van der Waals surface area contributed by atoms with Gasteiger partial charge in [-0.1, -0.05) is 27.7 Å². The van der Waals surface area contributed by atoms with E-state index in [0.717, 1.165) is 19.3 Å². The van der Waals surface area contributed by atoms with Crippen LogP contribution in [0.2, 0.25) is 0 Å². The van der Waals surface area contributed by atoms with Gasteiger partial charge in [0.15, 0.2) is 9.84 Å². The molecule has 0 bridgehead atoms. The minimum Gasteiger partial charge on any atom is -0.310 e. The second-order valence-electron chi connectivity index (χ2n) is 7.88. The van der Waals surface area contributed by atoms with Crippen LogP contribution in [0.15, 0.2) is 0 Å². The lowest BCUT2D eigenvalue weighted by Crippen LogP contribution is -2.47. The standard InChI is InChI=1S/C14H27NO2S/c1-13(2)7-12(8-14(3,4)10-13)15-11-5-6-18(16,17)9-11/h11-12,15H,5-10H2,1-4H3. The average molecular weight is 273 g/mol. The largest absolute Gasteiger partial charge is 0.310 e. The fourth-order valence-electron chi connectivity index (χ4n) is 4.22. The molecule has 1 aliphatic heterocycles. The van der Waals surface area contributed by atoms with Crippen molar-refractivity contribution in [3.63, 3.8) is 0 Å². The molecule has 0 aromatic carbocycles. The van der Waals surface area contributed by atoms with E-state index in [0.29, 0.717) is 28.4 Å². The van der Waals surface area contributed by atoms with Crippen LogP contribution in [0, 0.1) is 10.8 Å². The lowest BCUT2D eigenvalue weighted by atomic mass is 9.63. The Labute approximate surface area is 112 Å². The van der Waals surface area contributed by atoms with Crippen LogP contribution in [0.3, 0.4) is 0 Å². The molecule has 4 heteroatoms. The summed E-state index contributed by atoms with van der Waals surface area (Å²) in [6.45, 7) is 9.31. The van der Waals surface area contributed by atoms with Gasteiger partial charge in [-0.15, -0.1) is 0 Å². The Morgan fingerprint density at radius 1 is 1.00 bits per heavy atom. The third kappa shape index (κ3) is 3.70. The van der Waals surface area contributed by atoms with Gasteiger partial charge in [0.05, 0.1) is 11.5 Å². The molecule has 1 unspecified atom stereocenters. The number of hydrogen-bond acceptors (Lipinski definition) is 3. The molecule has 3 nitrogen and oxygen atoms in total. The summed E-state index contributed by atoms with van der Waals surface area (Å²) in [4.78, 5) is 0. The van der Waals surface area contributed by atoms with Crippen LogP contribution in [0.5, 0.6) is 0 Å². The monoisotopic (exact) mass is 273 g/mol. The summed E-state index contributed by atoms with van der Waals surface area (Å²) in [5, 5.41) is 3.61. The van der Waals surface area contributed by atoms with Crippen molar-refractivity contribution in [1.29, 1.82) is 0 Å². The van der Waals surface area contributed by atoms with Crippen LogP contribution in [-0.2, 0) is 9.84 Å². The Bertz CT molecular complexity index is 396. The van der Waals surface area contributed by atoms with Crippen molar-refractivity contribution in [1.82, 2.24) is 5.32 Å². The van der Waals surface area contributed by atoms with Crippen LogP contribution in [0.4, 0.5) is 0 Å². The molecule has 2 fully saturated rings. The smallest absolute Gasteiger partial charge is 0.151 e. The zero-order chi connectivity index (χ0) is 13.6. The molecule has 0 amide bonds. The average Bonchev–Trinajstić information content (AvgIpc) is 2.38. The van der Waals surface area contributed by atoms with Crippen molar-refractivity contribution in [2.75, 3.05) is 11.5 Å². The second-order valence-corrected chi connectivity index (χ2v) is 10.1. The van der Waals surface area contributed by atoms with E-state index >= 15 is 0 Å². The first kappa shape index (κ1) is 14.3. The van der Waals surface area contributed by atoms with Gasteiger partial charge in [-0.2, -0.15) is 0 Å². The molecular formula is C14H27NO2S. The predicted molar refractivity (Wildman–Crippen MR) is 75.4 cm³/mol. The van der Waals surface area contributed by atoms with E-state index in [1.807, 2.05) is 0 Å². The van der Waals surface area contributed by atoms with Gasteiger partial charge in [-0.05, 0) is 36.5 Å². The SMILES string of the molecule is CC1(C)CC(NC2CCS(=O)(=O)C2)CC(C)(C)C1. The molecule has 2 rings (SSSR count). The summed E-state index contributed by atoms with van der Waals surface area (Å²) in [6.07, 6.45) is 4.36. The summed E-state index contributed by atoms with van der Waals surface area (Å²) in [7, 11) is -2.77. The van der Waals surface area contributed by atoms with Gasteiger partial charge in [0.2, 0.25) is 0 Å². The van der Waals surface area contributed by atoms with Crippen molar-refractivity contribution in [2.24, 2.45) is 10.8 Å². The first-order valence-corrected chi connectivity index (χ1v) is 8.86. The van der Waals surface area contributed by atoms with E-state index in [9.17, 15) is 8.42 Å². The molecule has 18 heavy (non-hydrogen) atoms. The molecule has 2 aliphatic rings. The van der Waals surface area contributed by atoms with Gasteiger partial charge >= 0.3 is 0 Å². The van der Waals surface area contributed by atoms with Crippen LogP contribution in [0.25, 0.3) is 0 Å². The molecule has 1 saturated heterocycles. The lowest BCUT2D eigenvalue weighted by Gasteiger charge is -2.46. The normalized spacial score (nSPS) is 34.6. The molecule has 1 N–H and O–H groups in total. The predicted octanol–water partition coefficient (Wildman–Crippen LogP) is 2.37. The fourth-order valence-corrected chi connectivity index (χ4v) is 5.91. The van der Waals surface area contributed by atoms with Gasteiger partial charge in [-0.25, -0.2) is 8.42 Å². The van der Waals surface area contributed by atoms with E-state index < -0.39 is 9.84 Å². The third-order valence-electron chi connectivity index (χ3n) is 4.26. The maximum atomic E-state index is 11.5. The molecule has 0 aromatic rings. The van der Waals surface area contributed by atoms with Crippen LogP contribution in [0.1, 0.15) is 53.4 Å². The molecule has 0 aromatic heterocycles. The first-order chi connectivity index (χ1) is 8.07. The van der Waals surface area contributed by atoms with Crippen LogP contribution < -0.4 is 5.32 Å². The minimum absolute atomic E-state index is 0.185. The lowest BCUT2D eigenvalue weighted by molar-refractivity contribution is 0.0815. The number of nitrogens with one attached hydrogen (secondary N) is 1. The fraction of sp³-hybridized carbons (Fsp3) is 1.00. The third-order valence-corrected chi connectivity index (χ3v) is 6.03. The Kier molecular flexibility index (Phi) is 3.56. The van der Waals surface area contributed by atoms with E-state index in [-0.39, 0.29) is 6.04 Å². The van der Waals surface area contributed by atoms with Crippen LogP contribution in [-0.4, -0.2) is 32.0 Å². The topological polar surface area (TPSA) is 46.2 Å². The summed E-state index contributed by atoms with van der Waals surface area (Å²) in [5.41, 5.74) is 0.716. The first-order valence-electron chi connectivity index (χ1n) is 7.04. The molecule has 1 atom stereocenters. The molecule has 1 saturated carbocycles. The van der Waals surface area contributed by atoms with E-state index in [2.05, 4.69) is 33.0 Å². The van der Waals surface area contributed by atoms with Crippen molar-refractivity contribution < 1.29 is 8.42 Å². The van der Waals surface area contributed by atoms with Crippen molar-refractivity contribution in [3.8, 4) is 0 Å². The molecule has 106 valence electrons. The highest BCUT2D eigenvalue weighted by molar-refractivity contribution is 7.91. The highest BCUT2D eigenvalue weighted by Crippen LogP contribution is 2.45. The number of rotatable bonds is 2. The summed E-state index contributed by atoms with van der Waals surface area (Å²) < 4.78 is 23.0. The highest BCUT2D eigenvalue weighted by Gasteiger charge is 2.40.